The van der Waals surface area contributed by atoms with E-state index >= 15 is 0 Å². The second-order valence-electron chi connectivity index (χ2n) is 10.1. The highest BCUT2D eigenvalue weighted by atomic mass is 16.5. The van der Waals surface area contributed by atoms with E-state index < -0.39 is 6.10 Å². The van der Waals surface area contributed by atoms with E-state index in [0.29, 0.717) is 42.0 Å². The van der Waals surface area contributed by atoms with Crippen LogP contribution in [0.1, 0.15) is 18.4 Å². The first kappa shape index (κ1) is 26.2. The lowest BCUT2D eigenvalue weighted by Crippen LogP contribution is -2.48. The molecule has 9 nitrogen and oxygen atoms in total. The highest BCUT2D eigenvalue weighted by molar-refractivity contribution is 5.77. The summed E-state index contributed by atoms with van der Waals surface area (Å²) in [6.07, 6.45) is 0.322. The van der Waals surface area contributed by atoms with Gasteiger partial charge in [0, 0.05) is 49.9 Å². The maximum atomic E-state index is 10.6. The number of hydrogen-bond acceptors (Lipinski definition) is 9. The van der Waals surface area contributed by atoms with Crippen molar-refractivity contribution >= 4 is 11.1 Å². The van der Waals surface area contributed by atoms with Gasteiger partial charge in [0.15, 0.2) is 5.58 Å². The van der Waals surface area contributed by atoms with Crippen molar-refractivity contribution in [3.63, 3.8) is 0 Å². The molecule has 1 saturated heterocycles. The number of hydrogen-bond donors (Lipinski definition) is 1. The highest BCUT2D eigenvalue weighted by Gasteiger charge is 2.22. The summed E-state index contributed by atoms with van der Waals surface area (Å²) in [6, 6.07) is 23.5. The number of benzene rings is 3. The van der Waals surface area contributed by atoms with Crippen LogP contribution in [0.25, 0.3) is 33.9 Å². The van der Waals surface area contributed by atoms with Crippen molar-refractivity contribution in [1.29, 1.82) is 0 Å². The van der Waals surface area contributed by atoms with Crippen LogP contribution in [0, 0.1) is 0 Å². The van der Waals surface area contributed by atoms with Crippen LogP contribution in [0.4, 0.5) is 0 Å². The smallest absolute Gasteiger partial charge is 0.241 e. The summed E-state index contributed by atoms with van der Waals surface area (Å²) in [5.74, 6) is 2.51. The summed E-state index contributed by atoms with van der Waals surface area (Å²) in [4.78, 5) is 13.8. The van der Waals surface area contributed by atoms with Crippen molar-refractivity contribution in [1.82, 2.24) is 24.9 Å². The Morgan fingerprint density at radius 1 is 0.925 bits per heavy atom. The van der Waals surface area contributed by atoms with Crippen LogP contribution < -0.4 is 4.74 Å². The van der Waals surface area contributed by atoms with Crippen LogP contribution >= 0.6 is 0 Å². The first-order valence-electron chi connectivity index (χ1n) is 13.8. The third-order valence-electron chi connectivity index (χ3n) is 7.22. The van der Waals surface area contributed by atoms with Gasteiger partial charge in [-0.1, -0.05) is 54.5 Å². The number of aliphatic hydroxyl groups is 1. The summed E-state index contributed by atoms with van der Waals surface area (Å²) in [7, 11) is 0. The molecule has 0 spiro atoms. The van der Waals surface area contributed by atoms with E-state index in [2.05, 4.69) is 37.9 Å². The van der Waals surface area contributed by atoms with Crippen LogP contribution in [0.5, 0.6) is 5.75 Å². The maximum absolute atomic E-state index is 10.6. The summed E-state index contributed by atoms with van der Waals surface area (Å²) in [6.45, 7) is 6.94. The van der Waals surface area contributed by atoms with E-state index in [-0.39, 0.29) is 6.61 Å². The molecule has 0 saturated carbocycles. The minimum absolute atomic E-state index is 0.207. The Morgan fingerprint density at radius 3 is 2.52 bits per heavy atom. The minimum Gasteiger partial charge on any atom is -0.491 e. The molecule has 1 aliphatic heterocycles. The number of ether oxygens (including phenoxy) is 1. The molecular formula is C31H33N5O4. The second kappa shape index (κ2) is 12.0. The molecule has 6 rings (SSSR count). The van der Waals surface area contributed by atoms with Crippen LogP contribution in [-0.4, -0.2) is 75.5 Å². The zero-order chi connectivity index (χ0) is 27.3. The van der Waals surface area contributed by atoms with Gasteiger partial charge in [-0.05, 0) is 36.2 Å². The van der Waals surface area contributed by atoms with Crippen molar-refractivity contribution in [2.45, 2.75) is 26.0 Å². The molecule has 3 heterocycles. The Bertz CT molecular complexity index is 1540. The number of rotatable bonds is 10. The van der Waals surface area contributed by atoms with Gasteiger partial charge in [0.05, 0.1) is 6.54 Å². The summed E-state index contributed by atoms with van der Waals surface area (Å²) < 4.78 is 17.3. The Morgan fingerprint density at radius 2 is 1.70 bits per heavy atom. The number of aryl methyl sites for hydroxylation is 1. The first-order chi connectivity index (χ1) is 19.6. The van der Waals surface area contributed by atoms with E-state index in [9.17, 15) is 5.11 Å². The van der Waals surface area contributed by atoms with Crippen molar-refractivity contribution < 1.29 is 18.8 Å². The molecule has 1 atom stereocenters. The molecule has 2 aromatic heterocycles. The summed E-state index contributed by atoms with van der Waals surface area (Å²) >= 11 is 0. The lowest BCUT2D eigenvalue weighted by Gasteiger charge is -2.34. The van der Waals surface area contributed by atoms with E-state index in [4.69, 9.17) is 13.7 Å². The van der Waals surface area contributed by atoms with Gasteiger partial charge >= 0.3 is 0 Å². The lowest BCUT2D eigenvalue weighted by atomic mass is 10.1. The fourth-order valence-corrected chi connectivity index (χ4v) is 5.04. The van der Waals surface area contributed by atoms with Gasteiger partial charge in [0.1, 0.15) is 24.0 Å². The number of fused-ring (bicyclic) bond motifs is 1. The van der Waals surface area contributed by atoms with Gasteiger partial charge in [0.2, 0.25) is 17.6 Å². The fourth-order valence-electron chi connectivity index (χ4n) is 5.04. The van der Waals surface area contributed by atoms with Gasteiger partial charge in [-0.3, -0.25) is 9.80 Å². The third-order valence-corrected chi connectivity index (χ3v) is 7.22. The Labute approximate surface area is 233 Å². The largest absolute Gasteiger partial charge is 0.491 e. The predicted octanol–water partition coefficient (Wildman–Crippen LogP) is 4.66. The Hall–Kier alpha value is -4.05. The molecule has 206 valence electrons. The molecule has 3 aromatic carbocycles. The number of nitrogens with zero attached hydrogens (tertiary/aromatic N) is 5. The van der Waals surface area contributed by atoms with Crippen LogP contribution in [0.3, 0.4) is 0 Å². The fraction of sp³-hybridized carbons (Fsp3) is 0.323. The van der Waals surface area contributed by atoms with E-state index in [0.717, 1.165) is 49.2 Å². The molecule has 0 unspecified atom stereocenters. The van der Waals surface area contributed by atoms with E-state index in [1.54, 1.807) is 0 Å². The monoisotopic (exact) mass is 539 g/mol. The molecule has 1 aliphatic rings. The summed E-state index contributed by atoms with van der Waals surface area (Å²) in [5, 5.41) is 14.8. The number of piperazine rings is 1. The van der Waals surface area contributed by atoms with Gasteiger partial charge < -0.3 is 18.8 Å². The van der Waals surface area contributed by atoms with Gasteiger partial charge in [-0.15, -0.1) is 0 Å². The highest BCUT2D eigenvalue weighted by Crippen LogP contribution is 2.27. The van der Waals surface area contributed by atoms with Crippen molar-refractivity contribution in [3.05, 3.63) is 84.3 Å². The number of aromatic nitrogens is 3. The standard InChI is InChI=1S/C31H33N5O4/c1-2-22-8-6-7-11-26(22)30-33-29(40-34-30)20-36-16-14-35(15-17-36)19-24(37)21-38-25-12-13-28-27(18-25)32-31(39-28)23-9-4-3-5-10-23/h3-13,18,24,37H,2,14-17,19-21H2,1H3/t24-/m1/s1. The molecular weight excluding hydrogens is 506 g/mol. The van der Waals surface area contributed by atoms with Gasteiger partial charge in [-0.25, -0.2) is 4.98 Å². The van der Waals surface area contributed by atoms with E-state index in [1.807, 2.05) is 66.7 Å². The molecule has 5 aromatic rings. The topological polar surface area (TPSA) is 101 Å². The molecule has 0 amide bonds. The summed E-state index contributed by atoms with van der Waals surface area (Å²) in [5.41, 5.74) is 4.59. The van der Waals surface area contributed by atoms with Gasteiger partial charge in [-0.2, -0.15) is 4.98 Å². The predicted molar refractivity (Wildman–Crippen MR) is 152 cm³/mol. The Balaban J connectivity index is 0.962. The first-order valence-corrected chi connectivity index (χ1v) is 13.8. The van der Waals surface area contributed by atoms with Crippen LogP contribution in [0.15, 0.2) is 81.7 Å². The molecule has 0 bridgehead atoms. The van der Waals surface area contributed by atoms with Crippen molar-refractivity contribution in [3.8, 4) is 28.6 Å². The zero-order valence-electron chi connectivity index (χ0n) is 22.6. The van der Waals surface area contributed by atoms with Crippen LogP contribution in [-0.2, 0) is 13.0 Å². The zero-order valence-corrected chi connectivity index (χ0v) is 22.6. The van der Waals surface area contributed by atoms with E-state index in [1.165, 1.54) is 5.56 Å². The number of oxazole rings is 1. The molecule has 1 fully saturated rings. The molecule has 0 aliphatic carbocycles. The average molecular weight is 540 g/mol. The second-order valence-corrected chi connectivity index (χ2v) is 10.1. The maximum Gasteiger partial charge on any atom is 0.241 e. The van der Waals surface area contributed by atoms with Crippen molar-refractivity contribution in [2.24, 2.45) is 0 Å². The molecule has 1 N–H and O–H groups in total. The minimum atomic E-state index is -0.600. The molecule has 9 heteroatoms. The third kappa shape index (κ3) is 6.07. The average Bonchev–Trinajstić information content (AvgIpc) is 3.64. The Kier molecular flexibility index (Phi) is 7.85. The molecule has 40 heavy (non-hydrogen) atoms. The molecule has 0 radical (unpaired) electrons. The quantitative estimate of drug-likeness (QED) is 0.271. The normalized spacial score (nSPS) is 15.4. The van der Waals surface area contributed by atoms with Gasteiger partial charge in [0.25, 0.3) is 0 Å². The SMILES string of the molecule is CCc1ccccc1-c1noc(CN2CCN(C[C@@H](O)COc3ccc4oc(-c5ccccc5)nc4c3)CC2)n1. The van der Waals surface area contributed by atoms with Crippen molar-refractivity contribution in [2.75, 3.05) is 39.3 Å². The lowest BCUT2D eigenvalue weighted by molar-refractivity contribution is 0.0426. The van der Waals surface area contributed by atoms with Crippen LogP contribution in [0.2, 0.25) is 0 Å². The number of aliphatic hydroxyl groups excluding tert-OH is 1. The number of β-amino-alcohol motifs (C(OH)–C–C–N with tert-alkyl or cyclic N) is 1.